The van der Waals surface area contributed by atoms with Gasteiger partial charge in [0.2, 0.25) is 0 Å². The first kappa shape index (κ1) is 19.0. The number of hydrogen-bond acceptors (Lipinski definition) is 5. The molecule has 0 aliphatic rings. The van der Waals surface area contributed by atoms with Gasteiger partial charge in [-0.3, -0.25) is 4.90 Å². The van der Waals surface area contributed by atoms with Gasteiger partial charge in [-0.1, -0.05) is 0 Å². The van der Waals surface area contributed by atoms with Crippen molar-refractivity contribution in [3.8, 4) is 0 Å². The van der Waals surface area contributed by atoms with E-state index in [4.69, 9.17) is 18.0 Å². The van der Waals surface area contributed by atoms with Gasteiger partial charge in [-0.05, 0) is 47.7 Å². The van der Waals surface area contributed by atoms with Gasteiger partial charge >= 0.3 is 8.80 Å². The topological polar surface area (TPSA) is 40.2 Å². The van der Waals surface area contributed by atoms with Crippen LogP contribution >= 0.6 is 0 Å². The normalized spacial score (nSPS) is 12.3. The minimum Gasteiger partial charge on any atom is -0.374 e. The molecule has 0 aliphatic carbocycles. The molecule has 0 rings (SSSR count). The second-order valence-corrected chi connectivity index (χ2v) is 7.02. The summed E-state index contributed by atoms with van der Waals surface area (Å²) in [6.07, 6.45) is 0.996. The summed E-state index contributed by atoms with van der Waals surface area (Å²) in [5.74, 6) is 0. The van der Waals surface area contributed by atoms with E-state index in [0.717, 1.165) is 25.6 Å². The highest BCUT2D eigenvalue weighted by Crippen LogP contribution is 2.18. The van der Waals surface area contributed by atoms with E-state index in [-0.39, 0.29) is 0 Å². The first-order valence-electron chi connectivity index (χ1n) is 7.32. The molecule has 0 radical (unpaired) electrons. The fourth-order valence-electron chi connectivity index (χ4n) is 1.88. The predicted molar refractivity (Wildman–Crippen MR) is 79.2 cm³/mol. The lowest BCUT2D eigenvalue weighted by atomic mass is 10.4. The van der Waals surface area contributed by atoms with E-state index in [1.54, 1.807) is 0 Å². The van der Waals surface area contributed by atoms with Crippen LogP contribution in [0.5, 0.6) is 0 Å². The molecule has 19 heavy (non-hydrogen) atoms. The molecule has 0 aliphatic heterocycles. The molecular weight excluding hydrogens is 262 g/mol. The summed E-state index contributed by atoms with van der Waals surface area (Å²) < 4.78 is 22.8. The minimum atomic E-state index is -2.46. The lowest BCUT2D eigenvalue weighted by Crippen LogP contribution is -2.46. The molecule has 0 fully saturated rings. The summed E-state index contributed by atoms with van der Waals surface area (Å²) in [5, 5.41) is 0. The van der Waals surface area contributed by atoms with E-state index >= 15 is 0 Å². The van der Waals surface area contributed by atoms with Crippen molar-refractivity contribution in [1.82, 2.24) is 4.90 Å². The third-order valence-corrected chi connectivity index (χ3v) is 5.78. The van der Waals surface area contributed by atoms with Crippen molar-refractivity contribution < 1.29 is 18.0 Å². The van der Waals surface area contributed by atoms with Gasteiger partial charge in [0, 0.05) is 32.5 Å². The highest BCUT2D eigenvalue weighted by atomic mass is 28.4. The van der Waals surface area contributed by atoms with Crippen molar-refractivity contribution in [2.75, 3.05) is 46.8 Å². The first-order valence-corrected chi connectivity index (χ1v) is 9.25. The van der Waals surface area contributed by atoms with Crippen LogP contribution in [0.15, 0.2) is 0 Å². The summed E-state index contributed by atoms with van der Waals surface area (Å²) in [6, 6.07) is 0.860. The first-order chi connectivity index (χ1) is 9.14. The molecule has 0 aromatic heterocycles. The molecule has 0 unspecified atom stereocenters. The number of rotatable bonds is 13. The third-order valence-electron chi connectivity index (χ3n) is 2.63. The van der Waals surface area contributed by atoms with Gasteiger partial charge in [-0.15, -0.1) is 0 Å². The van der Waals surface area contributed by atoms with Crippen LogP contribution in [0, 0.1) is 0 Å². The van der Waals surface area contributed by atoms with E-state index in [0.29, 0.717) is 26.6 Å². The van der Waals surface area contributed by atoms with Crippen LogP contribution in [-0.4, -0.2) is 60.5 Å². The Morgan fingerprint density at radius 3 is 1.79 bits per heavy atom. The summed E-state index contributed by atoms with van der Waals surface area (Å²) in [4.78, 5) is 2.16. The van der Waals surface area contributed by atoms with Crippen molar-refractivity contribution in [2.45, 2.75) is 40.2 Å². The standard InChI is InChI=1S/C13H31NO4Si/c1-6-15-13-14(5)11-10-12-19(16-7-2,17-8-3)18-9-4/h6-13H2,1-5H3. The van der Waals surface area contributed by atoms with Crippen molar-refractivity contribution in [3.63, 3.8) is 0 Å². The Bertz CT molecular complexity index is 190. The van der Waals surface area contributed by atoms with E-state index in [1.165, 1.54) is 0 Å². The van der Waals surface area contributed by atoms with Gasteiger partial charge in [0.1, 0.15) is 0 Å². The molecule has 0 amide bonds. The van der Waals surface area contributed by atoms with Crippen LogP contribution in [0.2, 0.25) is 6.04 Å². The Labute approximate surface area is 119 Å². The van der Waals surface area contributed by atoms with E-state index in [9.17, 15) is 0 Å². The third kappa shape index (κ3) is 8.72. The van der Waals surface area contributed by atoms with Gasteiger partial charge in [0.25, 0.3) is 0 Å². The molecule has 0 saturated carbocycles. The van der Waals surface area contributed by atoms with Gasteiger partial charge < -0.3 is 18.0 Å². The summed E-state index contributed by atoms with van der Waals surface area (Å²) >= 11 is 0. The lowest BCUT2D eigenvalue weighted by Gasteiger charge is -2.29. The monoisotopic (exact) mass is 293 g/mol. The number of hydrogen-bond donors (Lipinski definition) is 0. The fraction of sp³-hybridized carbons (Fsp3) is 1.00. The maximum atomic E-state index is 5.82. The Kier molecular flexibility index (Phi) is 11.8. The molecule has 0 saturated heterocycles. The van der Waals surface area contributed by atoms with Crippen molar-refractivity contribution >= 4 is 8.80 Å². The van der Waals surface area contributed by atoms with Crippen LogP contribution in [0.3, 0.4) is 0 Å². The maximum absolute atomic E-state index is 5.82. The summed E-state index contributed by atoms with van der Waals surface area (Å²) in [5.41, 5.74) is 0. The van der Waals surface area contributed by atoms with Crippen LogP contribution in [0.4, 0.5) is 0 Å². The molecule has 0 bridgehead atoms. The Hall–Kier alpha value is 0.0169. The molecule has 0 spiro atoms. The lowest BCUT2D eigenvalue weighted by molar-refractivity contribution is 0.0468. The van der Waals surface area contributed by atoms with E-state index < -0.39 is 8.80 Å². The van der Waals surface area contributed by atoms with Crippen molar-refractivity contribution in [3.05, 3.63) is 0 Å². The summed E-state index contributed by atoms with van der Waals surface area (Å²) in [7, 11) is -0.405. The second kappa shape index (κ2) is 11.8. The molecule has 0 heterocycles. The van der Waals surface area contributed by atoms with Gasteiger partial charge in [0.15, 0.2) is 0 Å². The zero-order chi connectivity index (χ0) is 14.6. The SMILES string of the molecule is CCOCN(C)CCC[Si](OCC)(OCC)OCC. The van der Waals surface area contributed by atoms with Gasteiger partial charge in [-0.25, -0.2) is 0 Å². The van der Waals surface area contributed by atoms with Gasteiger partial charge in [-0.2, -0.15) is 0 Å². The van der Waals surface area contributed by atoms with Crippen LogP contribution < -0.4 is 0 Å². The average molecular weight is 293 g/mol. The molecule has 0 atom stereocenters. The molecule has 116 valence electrons. The Morgan fingerprint density at radius 2 is 1.37 bits per heavy atom. The highest BCUT2D eigenvalue weighted by Gasteiger charge is 2.39. The second-order valence-electron chi connectivity index (χ2n) is 4.29. The molecule has 6 heteroatoms. The molecular formula is C13H31NO4Si. The van der Waals surface area contributed by atoms with Crippen molar-refractivity contribution in [2.24, 2.45) is 0 Å². The maximum Gasteiger partial charge on any atom is 0.500 e. The quantitative estimate of drug-likeness (QED) is 0.385. The van der Waals surface area contributed by atoms with Crippen molar-refractivity contribution in [1.29, 1.82) is 0 Å². The number of ether oxygens (including phenoxy) is 1. The average Bonchev–Trinajstić information content (AvgIpc) is 2.37. The molecule has 0 N–H and O–H groups in total. The zero-order valence-corrected chi connectivity index (χ0v) is 14.2. The Balaban J connectivity index is 4.15. The van der Waals surface area contributed by atoms with Crippen LogP contribution in [-0.2, 0) is 18.0 Å². The summed E-state index contributed by atoms with van der Waals surface area (Å²) in [6.45, 7) is 12.3. The minimum absolute atomic E-state index is 0.640. The van der Waals surface area contributed by atoms with E-state index in [2.05, 4.69) is 11.9 Å². The molecule has 5 nitrogen and oxygen atoms in total. The zero-order valence-electron chi connectivity index (χ0n) is 13.2. The predicted octanol–water partition coefficient (Wildman–Crippen LogP) is 2.35. The smallest absolute Gasteiger partial charge is 0.374 e. The highest BCUT2D eigenvalue weighted by molar-refractivity contribution is 6.60. The number of nitrogens with zero attached hydrogens (tertiary/aromatic N) is 1. The van der Waals surface area contributed by atoms with Crippen LogP contribution in [0.1, 0.15) is 34.1 Å². The van der Waals surface area contributed by atoms with Crippen LogP contribution in [0.25, 0.3) is 0 Å². The Morgan fingerprint density at radius 1 is 0.842 bits per heavy atom. The molecule has 0 aromatic carbocycles. The largest absolute Gasteiger partial charge is 0.500 e. The van der Waals surface area contributed by atoms with E-state index in [1.807, 2.05) is 27.7 Å². The molecule has 0 aromatic rings. The fourth-order valence-corrected chi connectivity index (χ4v) is 4.47. The van der Waals surface area contributed by atoms with Gasteiger partial charge in [0.05, 0.1) is 6.73 Å².